The topological polar surface area (TPSA) is 140 Å². The number of fused-ring (bicyclic) bond motifs is 1. The number of benzene rings is 1. The quantitative estimate of drug-likeness (QED) is 0.264. The highest BCUT2D eigenvalue weighted by Gasteiger charge is 2.46. The van der Waals surface area contributed by atoms with Crippen LogP contribution in [-0.2, 0) is 14.3 Å². The Morgan fingerprint density at radius 3 is 2.56 bits per heavy atom. The van der Waals surface area contributed by atoms with Crippen LogP contribution in [0.1, 0.15) is 65.0 Å². The van der Waals surface area contributed by atoms with E-state index in [-0.39, 0.29) is 18.8 Å². The second-order valence-electron chi connectivity index (χ2n) is 11.6. The Bertz CT molecular complexity index is 1360. The molecule has 4 rings (SSSR count). The number of likely N-dealkylation sites (tertiary alicyclic amines) is 1. The molecule has 1 aliphatic carbocycles. The highest BCUT2D eigenvalue weighted by Crippen LogP contribution is 2.34. The normalized spacial score (nSPS) is 19.2. The van der Waals surface area contributed by atoms with Crippen molar-refractivity contribution >= 4 is 29.0 Å². The number of unbranched alkanes of at least 4 members (excludes halogenated alkanes) is 1. The number of nitrogens with one attached hydrogen (secondary N) is 1. The second kappa shape index (κ2) is 12.6. The number of methoxy groups -OCH3 is 2. The molecular weight excluding hydrogens is 528 g/mol. The maximum atomic E-state index is 13.6. The molecule has 2 amide bonds. The third-order valence-corrected chi connectivity index (χ3v) is 7.34. The molecule has 0 radical (unpaired) electrons. The number of carbonyl (C=O) groups is 3. The Labute approximate surface area is 239 Å². The van der Waals surface area contributed by atoms with Crippen molar-refractivity contribution in [1.82, 2.24) is 20.2 Å². The molecule has 1 saturated carbocycles. The molecule has 0 bridgehead atoms. The zero-order valence-corrected chi connectivity index (χ0v) is 24.2. The van der Waals surface area contributed by atoms with Crippen LogP contribution in [0.4, 0.5) is 4.79 Å². The van der Waals surface area contributed by atoms with Crippen LogP contribution >= 0.6 is 0 Å². The summed E-state index contributed by atoms with van der Waals surface area (Å²) in [7, 11) is 2.81. The van der Waals surface area contributed by atoms with Gasteiger partial charge in [-0.3, -0.25) is 4.79 Å². The van der Waals surface area contributed by atoms with Crippen LogP contribution in [0.5, 0.6) is 11.6 Å². The van der Waals surface area contributed by atoms with E-state index in [0.717, 1.165) is 18.8 Å². The van der Waals surface area contributed by atoms with Gasteiger partial charge >= 0.3 is 12.1 Å². The minimum Gasteiger partial charge on any atom is -0.497 e. The van der Waals surface area contributed by atoms with Crippen LogP contribution in [0.25, 0.3) is 11.0 Å². The van der Waals surface area contributed by atoms with Crippen LogP contribution in [-0.4, -0.2) is 76.9 Å². The molecule has 2 heterocycles. The first-order chi connectivity index (χ1) is 19.5. The first-order valence-electron chi connectivity index (χ1n) is 13.9. The van der Waals surface area contributed by atoms with E-state index in [4.69, 9.17) is 19.2 Å². The minimum atomic E-state index is -1.33. The molecule has 1 aromatic carbocycles. The molecule has 1 aromatic heterocycles. The Morgan fingerprint density at radius 2 is 1.93 bits per heavy atom. The fourth-order valence-electron chi connectivity index (χ4n) is 4.92. The number of hydrogen-bond acceptors (Lipinski definition) is 8. The standard InChI is InChI=1S/C30H38N4O7/c1-30(2,3)25(33-29(37)38)27(35)34-17-20(16-24(34)28(36)40-5)41-26-22(10-8-6-7-9-18-11-12-18)31-21-14-13-19(39-4)15-23(21)32-26/h13-15,18,20,24-25,33H,6-7,9,11-12,16-17H2,1-5H3,(H,37,38). The summed E-state index contributed by atoms with van der Waals surface area (Å²) < 4.78 is 16.6. The van der Waals surface area contributed by atoms with Gasteiger partial charge < -0.3 is 29.5 Å². The molecule has 0 spiro atoms. The summed E-state index contributed by atoms with van der Waals surface area (Å²) >= 11 is 0. The summed E-state index contributed by atoms with van der Waals surface area (Å²) in [5.74, 6) is 6.80. The first-order valence-corrected chi connectivity index (χ1v) is 13.9. The summed E-state index contributed by atoms with van der Waals surface area (Å²) in [6.45, 7) is 5.27. The fourth-order valence-corrected chi connectivity index (χ4v) is 4.92. The van der Waals surface area contributed by atoms with Crippen LogP contribution in [0.2, 0.25) is 0 Å². The summed E-state index contributed by atoms with van der Waals surface area (Å²) in [4.78, 5) is 48.5. The molecule has 2 aromatic rings. The highest BCUT2D eigenvalue weighted by atomic mass is 16.5. The zero-order chi connectivity index (χ0) is 29.7. The van der Waals surface area contributed by atoms with Crippen molar-refractivity contribution in [1.29, 1.82) is 0 Å². The van der Waals surface area contributed by atoms with E-state index in [1.807, 2.05) is 0 Å². The molecule has 11 nitrogen and oxygen atoms in total. The van der Waals surface area contributed by atoms with Crippen molar-refractivity contribution in [2.75, 3.05) is 20.8 Å². The maximum absolute atomic E-state index is 13.6. The van der Waals surface area contributed by atoms with Gasteiger partial charge in [0.25, 0.3) is 0 Å². The van der Waals surface area contributed by atoms with Crippen molar-refractivity contribution in [2.24, 2.45) is 11.3 Å². The van der Waals surface area contributed by atoms with E-state index in [9.17, 15) is 19.5 Å². The number of carbonyl (C=O) groups excluding carboxylic acids is 2. The van der Waals surface area contributed by atoms with Gasteiger partial charge in [0.1, 0.15) is 23.9 Å². The SMILES string of the molecule is COC(=O)C1CC(Oc2nc3cc(OC)ccc3nc2C#CCCCC2CC2)CN1C(=O)C(NC(=O)O)C(C)(C)C. The lowest BCUT2D eigenvalue weighted by molar-refractivity contribution is -0.152. The molecule has 41 heavy (non-hydrogen) atoms. The lowest BCUT2D eigenvalue weighted by atomic mass is 9.85. The van der Waals surface area contributed by atoms with Gasteiger partial charge in [-0.2, -0.15) is 0 Å². The van der Waals surface area contributed by atoms with Crippen LogP contribution in [0.3, 0.4) is 0 Å². The van der Waals surface area contributed by atoms with Crippen molar-refractivity contribution in [3.05, 3.63) is 23.9 Å². The average molecular weight is 567 g/mol. The predicted molar refractivity (Wildman–Crippen MR) is 150 cm³/mol. The third kappa shape index (κ3) is 7.57. The molecule has 2 fully saturated rings. The van der Waals surface area contributed by atoms with Crippen molar-refractivity contribution in [3.8, 4) is 23.5 Å². The van der Waals surface area contributed by atoms with E-state index in [0.29, 0.717) is 22.5 Å². The number of hydrogen-bond donors (Lipinski definition) is 2. The van der Waals surface area contributed by atoms with Gasteiger partial charge in [-0.15, -0.1) is 0 Å². The average Bonchev–Trinajstić information content (AvgIpc) is 3.66. The number of nitrogens with zero attached hydrogens (tertiary/aromatic N) is 3. The van der Waals surface area contributed by atoms with E-state index < -0.39 is 41.6 Å². The molecule has 2 aliphatic rings. The number of carboxylic acid groups (broad SMARTS) is 1. The molecule has 220 valence electrons. The van der Waals surface area contributed by atoms with E-state index in [2.05, 4.69) is 22.1 Å². The molecule has 1 aliphatic heterocycles. The van der Waals surface area contributed by atoms with Crippen LogP contribution in [0, 0.1) is 23.2 Å². The van der Waals surface area contributed by atoms with Gasteiger partial charge in [0, 0.05) is 18.9 Å². The minimum absolute atomic E-state index is 0.0264. The van der Waals surface area contributed by atoms with E-state index >= 15 is 0 Å². The highest BCUT2D eigenvalue weighted by molar-refractivity contribution is 5.90. The molecule has 11 heteroatoms. The third-order valence-electron chi connectivity index (χ3n) is 7.34. The largest absolute Gasteiger partial charge is 0.497 e. The number of aromatic nitrogens is 2. The summed E-state index contributed by atoms with van der Waals surface area (Å²) in [5, 5.41) is 11.7. The summed E-state index contributed by atoms with van der Waals surface area (Å²) in [6, 6.07) is 3.30. The number of ether oxygens (including phenoxy) is 3. The van der Waals surface area contributed by atoms with Crippen molar-refractivity contribution < 1.29 is 33.7 Å². The van der Waals surface area contributed by atoms with Crippen LogP contribution < -0.4 is 14.8 Å². The van der Waals surface area contributed by atoms with E-state index in [1.165, 1.54) is 31.3 Å². The lowest BCUT2D eigenvalue weighted by Crippen LogP contribution is -2.56. The van der Waals surface area contributed by atoms with Crippen molar-refractivity contribution in [3.63, 3.8) is 0 Å². The molecule has 3 unspecified atom stereocenters. The first kappa shape index (κ1) is 29.9. The summed E-state index contributed by atoms with van der Waals surface area (Å²) in [6.07, 6.45) is 3.71. The Hall–Kier alpha value is -4.07. The van der Waals surface area contributed by atoms with Gasteiger partial charge in [0.15, 0.2) is 5.69 Å². The van der Waals surface area contributed by atoms with E-state index in [1.54, 1.807) is 46.1 Å². The van der Waals surface area contributed by atoms with Gasteiger partial charge in [0.2, 0.25) is 11.8 Å². The smallest absolute Gasteiger partial charge is 0.405 e. The number of rotatable bonds is 9. The van der Waals surface area contributed by atoms with Crippen LogP contribution in [0.15, 0.2) is 18.2 Å². The lowest BCUT2D eigenvalue weighted by Gasteiger charge is -2.34. The number of esters is 1. The molecule has 2 N–H and O–H groups in total. The maximum Gasteiger partial charge on any atom is 0.405 e. The van der Waals surface area contributed by atoms with Gasteiger partial charge in [-0.05, 0) is 42.2 Å². The monoisotopic (exact) mass is 566 g/mol. The molecule has 1 saturated heterocycles. The Kier molecular flexibility index (Phi) is 9.21. The van der Waals surface area contributed by atoms with Gasteiger partial charge in [-0.1, -0.05) is 39.5 Å². The Balaban J connectivity index is 1.61. The van der Waals surface area contributed by atoms with Crippen molar-refractivity contribution in [2.45, 2.75) is 77.5 Å². The van der Waals surface area contributed by atoms with Gasteiger partial charge in [-0.25, -0.2) is 19.6 Å². The second-order valence-corrected chi connectivity index (χ2v) is 11.6. The zero-order valence-electron chi connectivity index (χ0n) is 24.2. The number of amides is 2. The molecular formula is C30H38N4O7. The molecule has 3 atom stereocenters. The predicted octanol–water partition coefficient (Wildman–Crippen LogP) is 3.77. The van der Waals surface area contributed by atoms with Gasteiger partial charge in [0.05, 0.1) is 31.8 Å². The fraction of sp³-hybridized carbons (Fsp3) is 0.567. The summed E-state index contributed by atoms with van der Waals surface area (Å²) in [5.41, 5.74) is 0.797. The Morgan fingerprint density at radius 1 is 1.17 bits per heavy atom.